The fourth-order valence-electron chi connectivity index (χ4n) is 1.06. The van der Waals surface area contributed by atoms with Crippen molar-refractivity contribution in [1.29, 1.82) is 0 Å². The van der Waals surface area contributed by atoms with Crippen molar-refractivity contribution in [1.82, 2.24) is 0 Å². The van der Waals surface area contributed by atoms with Gasteiger partial charge in [0.2, 0.25) is 0 Å². The van der Waals surface area contributed by atoms with Gasteiger partial charge in [-0.15, -0.1) is 11.8 Å². The molecule has 0 fully saturated rings. The molecule has 78 valence electrons. The predicted octanol–water partition coefficient (Wildman–Crippen LogP) is 3.67. The van der Waals surface area contributed by atoms with E-state index in [-0.39, 0.29) is 0 Å². The monoisotopic (exact) mass is 273 g/mol. The van der Waals surface area contributed by atoms with Crippen LogP contribution in [0.15, 0.2) is 33.6 Å². The second kappa shape index (κ2) is 6.49. The molecule has 0 saturated heterocycles. The van der Waals surface area contributed by atoms with Crippen LogP contribution >= 0.6 is 27.7 Å². The molecule has 0 radical (unpaired) electrons. The molecule has 1 nitrogen and oxygen atoms in total. The summed E-state index contributed by atoms with van der Waals surface area (Å²) in [5.74, 6) is 1.11. The van der Waals surface area contributed by atoms with E-state index in [1.165, 1.54) is 4.90 Å². The summed E-state index contributed by atoms with van der Waals surface area (Å²) in [6, 6.07) is 8.76. The molecule has 14 heavy (non-hydrogen) atoms. The molecule has 0 bridgehead atoms. The molecule has 1 atom stereocenters. The lowest BCUT2D eigenvalue weighted by atomic mass is 10.2. The Morgan fingerprint density at radius 3 is 2.57 bits per heavy atom. The van der Waals surface area contributed by atoms with Crippen molar-refractivity contribution in [2.24, 2.45) is 5.73 Å². The van der Waals surface area contributed by atoms with Crippen LogP contribution in [-0.4, -0.2) is 11.8 Å². The van der Waals surface area contributed by atoms with Gasteiger partial charge in [-0.05, 0) is 42.9 Å². The number of hydrogen-bond acceptors (Lipinski definition) is 2. The zero-order chi connectivity index (χ0) is 10.4. The fourth-order valence-corrected chi connectivity index (χ4v) is 2.31. The van der Waals surface area contributed by atoms with Crippen molar-refractivity contribution in [2.75, 3.05) is 5.75 Å². The molecule has 0 amide bonds. The zero-order valence-electron chi connectivity index (χ0n) is 8.37. The van der Waals surface area contributed by atoms with E-state index in [1.807, 2.05) is 11.8 Å². The highest BCUT2D eigenvalue weighted by Gasteiger charge is 1.99. The Kier molecular flexibility index (Phi) is 5.60. The second-order valence-corrected chi connectivity index (χ2v) is 5.34. The quantitative estimate of drug-likeness (QED) is 0.829. The smallest absolute Gasteiger partial charge is 0.0176 e. The Bertz CT molecular complexity index is 260. The number of hydrogen-bond donors (Lipinski definition) is 1. The maximum absolute atomic E-state index is 5.84. The van der Waals surface area contributed by atoms with Crippen molar-refractivity contribution in [2.45, 2.75) is 30.7 Å². The molecule has 1 aromatic carbocycles. The van der Waals surface area contributed by atoms with Gasteiger partial charge in [-0.2, -0.15) is 0 Å². The number of benzene rings is 1. The van der Waals surface area contributed by atoms with E-state index < -0.39 is 0 Å². The van der Waals surface area contributed by atoms with E-state index >= 15 is 0 Å². The first-order valence-electron chi connectivity index (χ1n) is 4.86. The lowest BCUT2D eigenvalue weighted by molar-refractivity contribution is 0.634. The van der Waals surface area contributed by atoms with E-state index in [0.717, 1.165) is 23.1 Å². The average Bonchev–Trinajstić information content (AvgIpc) is 2.21. The first-order valence-corrected chi connectivity index (χ1v) is 6.64. The lowest BCUT2D eigenvalue weighted by Crippen LogP contribution is -2.18. The Morgan fingerprint density at radius 2 is 2.00 bits per heavy atom. The van der Waals surface area contributed by atoms with Crippen molar-refractivity contribution < 1.29 is 0 Å². The topological polar surface area (TPSA) is 26.0 Å². The molecule has 0 heterocycles. The highest BCUT2D eigenvalue weighted by Crippen LogP contribution is 2.21. The van der Waals surface area contributed by atoms with Crippen molar-refractivity contribution in [3.63, 3.8) is 0 Å². The first-order chi connectivity index (χ1) is 6.72. The maximum atomic E-state index is 5.84. The van der Waals surface area contributed by atoms with Gasteiger partial charge in [0.25, 0.3) is 0 Å². The van der Waals surface area contributed by atoms with Crippen LogP contribution in [0.5, 0.6) is 0 Å². The Hall–Kier alpha value is 0.01000. The zero-order valence-corrected chi connectivity index (χ0v) is 10.8. The highest BCUT2D eigenvalue weighted by molar-refractivity contribution is 9.10. The Labute approximate surface area is 98.6 Å². The van der Waals surface area contributed by atoms with Gasteiger partial charge in [0, 0.05) is 15.4 Å². The third kappa shape index (κ3) is 4.49. The molecule has 1 unspecified atom stereocenters. The molecular formula is C11H16BrNS. The number of thioether (sulfide) groups is 1. The van der Waals surface area contributed by atoms with Gasteiger partial charge in [0.15, 0.2) is 0 Å². The number of nitrogens with two attached hydrogens (primary N) is 1. The van der Waals surface area contributed by atoms with Crippen LogP contribution in [0.4, 0.5) is 0 Å². The molecule has 1 rings (SSSR count). The Morgan fingerprint density at radius 1 is 1.36 bits per heavy atom. The van der Waals surface area contributed by atoms with E-state index in [9.17, 15) is 0 Å². The van der Waals surface area contributed by atoms with Crippen LogP contribution in [0.3, 0.4) is 0 Å². The summed E-state index contributed by atoms with van der Waals surface area (Å²) in [6.07, 6.45) is 2.16. The molecule has 0 aliphatic rings. The summed E-state index contributed by atoms with van der Waals surface area (Å²) in [5, 5.41) is 0. The van der Waals surface area contributed by atoms with Gasteiger partial charge in [-0.25, -0.2) is 0 Å². The molecule has 0 aliphatic carbocycles. The van der Waals surface area contributed by atoms with Crippen LogP contribution in [0, 0.1) is 0 Å². The summed E-state index contributed by atoms with van der Waals surface area (Å²) < 4.78 is 1.13. The SMILES string of the molecule is CCC(N)CCSc1ccc(Br)cc1. The molecular weight excluding hydrogens is 258 g/mol. The van der Waals surface area contributed by atoms with E-state index in [4.69, 9.17) is 5.73 Å². The van der Waals surface area contributed by atoms with E-state index in [2.05, 4.69) is 47.1 Å². The summed E-state index contributed by atoms with van der Waals surface area (Å²) in [7, 11) is 0. The number of halogens is 1. The molecule has 0 aromatic heterocycles. The van der Waals surface area contributed by atoms with Crippen LogP contribution in [-0.2, 0) is 0 Å². The van der Waals surface area contributed by atoms with E-state index in [1.54, 1.807) is 0 Å². The number of rotatable bonds is 5. The van der Waals surface area contributed by atoms with E-state index in [0.29, 0.717) is 6.04 Å². The minimum Gasteiger partial charge on any atom is -0.328 e. The van der Waals surface area contributed by atoms with Crippen LogP contribution in [0.25, 0.3) is 0 Å². The molecule has 0 aliphatic heterocycles. The largest absolute Gasteiger partial charge is 0.328 e. The molecule has 1 aromatic rings. The molecule has 3 heteroatoms. The third-order valence-corrected chi connectivity index (χ3v) is 3.67. The van der Waals surface area contributed by atoms with Crippen LogP contribution in [0.2, 0.25) is 0 Å². The van der Waals surface area contributed by atoms with Crippen LogP contribution in [0.1, 0.15) is 19.8 Å². The minimum absolute atomic E-state index is 0.359. The van der Waals surface area contributed by atoms with Gasteiger partial charge >= 0.3 is 0 Å². The van der Waals surface area contributed by atoms with Crippen LogP contribution < -0.4 is 5.73 Å². The first kappa shape index (κ1) is 12.1. The normalized spacial score (nSPS) is 12.8. The lowest BCUT2D eigenvalue weighted by Gasteiger charge is -2.07. The second-order valence-electron chi connectivity index (χ2n) is 3.26. The van der Waals surface area contributed by atoms with Crippen molar-refractivity contribution in [3.8, 4) is 0 Å². The van der Waals surface area contributed by atoms with Gasteiger partial charge in [0.05, 0.1) is 0 Å². The van der Waals surface area contributed by atoms with Crippen molar-refractivity contribution in [3.05, 3.63) is 28.7 Å². The van der Waals surface area contributed by atoms with Gasteiger partial charge < -0.3 is 5.73 Å². The molecule has 2 N–H and O–H groups in total. The molecule has 0 saturated carbocycles. The fraction of sp³-hybridized carbons (Fsp3) is 0.455. The summed E-state index contributed by atoms with van der Waals surface area (Å²) in [6.45, 7) is 2.13. The average molecular weight is 274 g/mol. The van der Waals surface area contributed by atoms with Crippen molar-refractivity contribution >= 4 is 27.7 Å². The summed E-state index contributed by atoms with van der Waals surface area (Å²) in [5.41, 5.74) is 5.84. The van der Waals surface area contributed by atoms with Gasteiger partial charge in [-0.3, -0.25) is 0 Å². The highest BCUT2D eigenvalue weighted by atomic mass is 79.9. The Balaban J connectivity index is 2.28. The standard InChI is InChI=1S/C11H16BrNS/c1-2-10(13)7-8-14-11-5-3-9(12)4-6-11/h3-6,10H,2,7-8,13H2,1H3. The molecule has 0 spiro atoms. The van der Waals surface area contributed by atoms with Gasteiger partial charge in [-0.1, -0.05) is 22.9 Å². The maximum Gasteiger partial charge on any atom is 0.0176 e. The van der Waals surface area contributed by atoms with Gasteiger partial charge in [0.1, 0.15) is 0 Å². The third-order valence-electron chi connectivity index (χ3n) is 2.10. The summed E-state index contributed by atoms with van der Waals surface area (Å²) >= 11 is 5.29. The minimum atomic E-state index is 0.359. The summed E-state index contributed by atoms with van der Waals surface area (Å²) in [4.78, 5) is 1.32. The predicted molar refractivity (Wildman–Crippen MR) is 67.7 cm³/mol.